The first kappa shape index (κ1) is 14.4. The summed E-state index contributed by atoms with van der Waals surface area (Å²) in [5.74, 6) is 0.152. The molecule has 0 bridgehead atoms. The highest BCUT2D eigenvalue weighted by Gasteiger charge is 2.19. The number of nitrogens with one attached hydrogen (secondary N) is 1. The van der Waals surface area contributed by atoms with Gasteiger partial charge in [-0.15, -0.1) is 0 Å². The molecule has 90 valence electrons. The first-order valence-electron chi connectivity index (χ1n) is 5.51. The van der Waals surface area contributed by atoms with Crippen LogP contribution in [0.15, 0.2) is 0 Å². The Labute approximate surface area is 92.7 Å². The molecule has 1 unspecified atom stereocenters. The SMILES string of the molecule is CCC(C)(CO)NCCCC(=O)N(C)C. The minimum Gasteiger partial charge on any atom is -0.394 e. The van der Waals surface area contributed by atoms with Gasteiger partial charge in [0, 0.05) is 26.1 Å². The first-order chi connectivity index (χ1) is 6.95. The Bertz CT molecular complexity index is 189. The zero-order valence-electron chi connectivity index (χ0n) is 10.3. The second kappa shape index (κ2) is 6.80. The average molecular weight is 216 g/mol. The summed E-state index contributed by atoms with van der Waals surface area (Å²) in [7, 11) is 3.53. The van der Waals surface area contributed by atoms with Gasteiger partial charge in [-0.2, -0.15) is 0 Å². The van der Waals surface area contributed by atoms with Crippen LogP contribution in [0.5, 0.6) is 0 Å². The second-order valence-electron chi connectivity index (χ2n) is 4.39. The van der Waals surface area contributed by atoms with Crippen LogP contribution < -0.4 is 5.32 Å². The topological polar surface area (TPSA) is 52.6 Å². The van der Waals surface area contributed by atoms with Gasteiger partial charge in [0.1, 0.15) is 0 Å². The van der Waals surface area contributed by atoms with Crippen molar-refractivity contribution in [3.05, 3.63) is 0 Å². The Morgan fingerprint density at radius 3 is 2.47 bits per heavy atom. The summed E-state index contributed by atoms with van der Waals surface area (Å²) in [5.41, 5.74) is -0.207. The monoisotopic (exact) mass is 216 g/mol. The highest BCUT2D eigenvalue weighted by atomic mass is 16.3. The lowest BCUT2D eigenvalue weighted by Gasteiger charge is -2.27. The maximum Gasteiger partial charge on any atom is 0.222 e. The largest absolute Gasteiger partial charge is 0.394 e. The van der Waals surface area contributed by atoms with E-state index in [2.05, 4.69) is 5.32 Å². The molecule has 1 atom stereocenters. The number of carbonyl (C=O) groups excluding carboxylic acids is 1. The van der Waals surface area contributed by atoms with Gasteiger partial charge in [0.15, 0.2) is 0 Å². The molecule has 2 N–H and O–H groups in total. The van der Waals surface area contributed by atoms with Crippen molar-refractivity contribution < 1.29 is 9.90 Å². The molecule has 0 saturated carbocycles. The highest BCUT2D eigenvalue weighted by Crippen LogP contribution is 2.07. The first-order valence-corrected chi connectivity index (χ1v) is 5.51. The third kappa shape index (κ3) is 5.74. The van der Waals surface area contributed by atoms with E-state index in [-0.39, 0.29) is 18.1 Å². The lowest BCUT2D eigenvalue weighted by atomic mass is 10.0. The van der Waals surface area contributed by atoms with Crippen molar-refractivity contribution in [1.29, 1.82) is 0 Å². The Balaban J connectivity index is 3.66. The van der Waals surface area contributed by atoms with Gasteiger partial charge in [-0.05, 0) is 26.3 Å². The smallest absolute Gasteiger partial charge is 0.222 e. The van der Waals surface area contributed by atoms with Crippen molar-refractivity contribution in [3.8, 4) is 0 Å². The molecule has 0 aliphatic rings. The second-order valence-corrected chi connectivity index (χ2v) is 4.39. The lowest BCUT2D eigenvalue weighted by Crippen LogP contribution is -2.45. The van der Waals surface area contributed by atoms with Crippen molar-refractivity contribution in [2.75, 3.05) is 27.2 Å². The molecule has 1 amide bonds. The third-order valence-corrected chi connectivity index (χ3v) is 2.75. The van der Waals surface area contributed by atoms with Crippen molar-refractivity contribution in [2.45, 2.75) is 38.6 Å². The summed E-state index contributed by atoms with van der Waals surface area (Å²) in [4.78, 5) is 12.9. The highest BCUT2D eigenvalue weighted by molar-refractivity contribution is 5.75. The Morgan fingerprint density at radius 2 is 2.07 bits per heavy atom. The molecule has 4 nitrogen and oxygen atoms in total. The van der Waals surface area contributed by atoms with Gasteiger partial charge in [-0.3, -0.25) is 4.79 Å². The van der Waals surface area contributed by atoms with E-state index in [1.807, 2.05) is 13.8 Å². The van der Waals surface area contributed by atoms with Crippen LogP contribution >= 0.6 is 0 Å². The summed E-state index contributed by atoms with van der Waals surface area (Å²) >= 11 is 0. The van der Waals surface area contributed by atoms with Crippen LogP contribution in [0.2, 0.25) is 0 Å². The van der Waals surface area contributed by atoms with Crippen LogP contribution in [-0.2, 0) is 4.79 Å². The number of aliphatic hydroxyl groups excluding tert-OH is 1. The molecule has 0 aromatic carbocycles. The zero-order valence-corrected chi connectivity index (χ0v) is 10.3. The molecule has 0 heterocycles. The third-order valence-electron chi connectivity index (χ3n) is 2.75. The molecule has 0 saturated heterocycles. The summed E-state index contributed by atoms with van der Waals surface area (Å²) in [6.07, 6.45) is 2.25. The predicted molar refractivity (Wildman–Crippen MR) is 61.7 cm³/mol. The van der Waals surface area contributed by atoms with E-state index in [1.54, 1.807) is 19.0 Å². The van der Waals surface area contributed by atoms with Gasteiger partial charge in [0.05, 0.1) is 6.61 Å². The maximum absolute atomic E-state index is 11.3. The van der Waals surface area contributed by atoms with Gasteiger partial charge >= 0.3 is 0 Å². The molecule has 0 spiro atoms. The average Bonchev–Trinajstić information content (AvgIpc) is 2.23. The number of nitrogens with zero attached hydrogens (tertiary/aromatic N) is 1. The van der Waals surface area contributed by atoms with Crippen molar-refractivity contribution in [3.63, 3.8) is 0 Å². The number of amides is 1. The van der Waals surface area contributed by atoms with Crippen LogP contribution in [0.4, 0.5) is 0 Å². The van der Waals surface area contributed by atoms with E-state index < -0.39 is 0 Å². The van der Waals surface area contributed by atoms with E-state index in [9.17, 15) is 4.79 Å². The molecule has 0 aromatic heterocycles. The molecule has 4 heteroatoms. The molecular formula is C11H24N2O2. The molecule has 0 radical (unpaired) electrons. The number of aliphatic hydroxyl groups is 1. The molecule has 0 aliphatic carbocycles. The summed E-state index contributed by atoms with van der Waals surface area (Å²) < 4.78 is 0. The van der Waals surface area contributed by atoms with Crippen LogP contribution in [0.1, 0.15) is 33.1 Å². The van der Waals surface area contributed by atoms with Crippen molar-refractivity contribution in [2.24, 2.45) is 0 Å². The molecule has 0 fully saturated rings. The van der Waals surface area contributed by atoms with Gasteiger partial charge in [-0.1, -0.05) is 6.92 Å². The van der Waals surface area contributed by atoms with Crippen LogP contribution in [0.3, 0.4) is 0 Å². The minimum absolute atomic E-state index is 0.130. The molecule has 15 heavy (non-hydrogen) atoms. The fourth-order valence-electron chi connectivity index (χ4n) is 1.15. The number of carbonyl (C=O) groups is 1. The Morgan fingerprint density at radius 1 is 1.47 bits per heavy atom. The maximum atomic E-state index is 11.3. The fourth-order valence-corrected chi connectivity index (χ4v) is 1.15. The molecular weight excluding hydrogens is 192 g/mol. The molecule has 0 aliphatic heterocycles. The quantitative estimate of drug-likeness (QED) is 0.613. The van der Waals surface area contributed by atoms with E-state index in [0.717, 1.165) is 19.4 Å². The zero-order chi connectivity index (χ0) is 11.9. The normalized spacial score (nSPS) is 14.7. The summed E-state index contributed by atoms with van der Waals surface area (Å²) in [6, 6.07) is 0. The Kier molecular flexibility index (Phi) is 6.52. The van der Waals surface area contributed by atoms with Crippen molar-refractivity contribution in [1.82, 2.24) is 10.2 Å². The van der Waals surface area contributed by atoms with E-state index in [1.165, 1.54) is 0 Å². The van der Waals surface area contributed by atoms with E-state index in [0.29, 0.717) is 6.42 Å². The predicted octanol–water partition coefficient (Wildman–Crippen LogP) is 0.605. The fraction of sp³-hybridized carbons (Fsp3) is 0.909. The lowest BCUT2D eigenvalue weighted by molar-refractivity contribution is -0.128. The van der Waals surface area contributed by atoms with E-state index in [4.69, 9.17) is 5.11 Å². The molecule has 0 aromatic rings. The molecule has 0 rings (SSSR count). The minimum atomic E-state index is -0.207. The number of rotatable bonds is 7. The summed E-state index contributed by atoms with van der Waals surface area (Å²) in [6.45, 7) is 4.92. The van der Waals surface area contributed by atoms with Gasteiger partial charge < -0.3 is 15.3 Å². The van der Waals surface area contributed by atoms with Gasteiger partial charge in [0.2, 0.25) is 5.91 Å². The van der Waals surface area contributed by atoms with Crippen molar-refractivity contribution >= 4 is 5.91 Å². The van der Waals surface area contributed by atoms with Gasteiger partial charge in [-0.25, -0.2) is 0 Å². The Hall–Kier alpha value is -0.610. The van der Waals surface area contributed by atoms with E-state index >= 15 is 0 Å². The summed E-state index contributed by atoms with van der Waals surface area (Å²) in [5, 5.41) is 12.4. The standard InChI is InChI=1S/C11H24N2O2/c1-5-11(2,9-14)12-8-6-7-10(15)13(3)4/h12,14H,5-9H2,1-4H3. The number of hydrogen-bond donors (Lipinski definition) is 2. The van der Waals surface area contributed by atoms with Gasteiger partial charge in [0.25, 0.3) is 0 Å². The van der Waals surface area contributed by atoms with Crippen LogP contribution in [-0.4, -0.2) is 48.7 Å². The van der Waals surface area contributed by atoms with Crippen LogP contribution in [0, 0.1) is 0 Å². The van der Waals surface area contributed by atoms with Crippen LogP contribution in [0.25, 0.3) is 0 Å². The number of hydrogen-bond acceptors (Lipinski definition) is 3.